The third-order valence-electron chi connectivity index (χ3n) is 2.85. The van der Waals surface area contributed by atoms with E-state index in [4.69, 9.17) is 0 Å². The molecular weight excluding hydrogens is 132 g/mol. The molecule has 0 aromatic heterocycles. The summed E-state index contributed by atoms with van der Waals surface area (Å²) in [5, 5.41) is 0. The predicted octanol–water partition coefficient (Wildman–Crippen LogP) is 3.20. The molecule has 0 heteroatoms. The van der Waals surface area contributed by atoms with E-state index in [1.54, 1.807) is 0 Å². The molecule has 0 heterocycles. The van der Waals surface area contributed by atoms with E-state index in [0.29, 0.717) is 0 Å². The summed E-state index contributed by atoms with van der Waals surface area (Å²) in [4.78, 5) is 0. The number of rotatable bonds is 1. The SMILES string of the molecule is C[C@@H]1CC[C@@H]1c1ccccc1. The highest BCUT2D eigenvalue weighted by Crippen LogP contribution is 2.41. The van der Waals surface area contributed by atoms with Crippen molar-refractivity contribution in [2.24, 2.45) is 5.92 Å². The van der Waals surface area contributed by atoms with Gasteiger partial charge in [0.15, 0.2) is 0 Å². The van der Waals surface area contributed by atoms with Gasteiger partial charge in [0.2, 0.25) is 0 Å². The van der Waals surface area contributed by atoms with Crippen LogP contribution in [0.2, 0.25) is 0 Å². The third-order valence-corrected chi connectivity index (χ3v) is 2.85. The lowest BCUT2D eigenvalue weighted by atomic mass is 9.71. The van der Waals surface area contributed by atoms with Crippen LogP contribution in [0.4, 0.5) is 0 Å². The number of hydrogen-bond acceptors (Lipinski definition) is 0. The van der Waals surface area contributed by atoms with Crippen LogP contribution < -0.4 is 0 Å². The molecule has 1 fully saturated rings. The zero-order valence-corrected chi connectivity index (χ0v) is 6.96. The van der Waals surface area contributed by atoms with Crippen molar-refractivity contribution in [2.75, 3.05) is 0 Å². The minimum atomic E-state index is 0.858. The third kappa shape index (κ3) is 1.18. The lowest BCUT2D eigenvalue weighted by Gasteiger charge is -2.34. The molecular formula is C11H14. The molecule has 0 unspecified atom stereocenters. The summed E-state index contributed by atoms with van der Waals surface area (Å²) in [7, 11) is 0. The van der Waals surface area contributed by atoms with Crippen LogP contribution in [0.5, 0.6) is 0 Å². The lowest BCUT2D eigenvalue weighted by molar-refractivity contribution is 0.280. The number of benzene rings is 1. The highest BCUT2D eigenvalue weighted by Gasteiger charge is 2.27. The van der Waals surface area contributed by atoms with Crippen LogP contribution in [0, 0.1) is 5.92 Å². The standard InChI is InChI=1S/C11H14/c1-9-7-8-11(9)10-5-3-2-4-6-10/h2-6,9,11H,7-8H2,1H3/t9-,11+/m1/s1. The van der Waals surface area contributed by atoms with Crippen LogP contribution >= 0.6 is 0 Å². The zero-order chi connectivity index (χ0) is 7.68. The first-order valence-corrected chi connectivity index (χ1v) is 4.43. The second kappa shape index (κ2) is 2.69. The molecule has 1 saturated carbocycles. The second-order valence-corrected chi connectivity index (χ2v) is 3.57. The first kappa shape index (κ1) is 6.90. The van der Waals surface area contributed by atoms with Gasteiger partial charge < -0.3 is 0 Å². The fraction of sp³-hybridized carbons (Fsp3) is 0.455. The maximum Gasteiger partial charge on any atom is -0.0136 e. The Morgan fingerprint density at radius 2 is 1.82 bits per heavy atom. The molecule has 2 atom stereocenters. The minimum absolute atomic E-state index is 0.858. The summed E-state index contributed by atoms with van der Waals surface area (Å²) in [6.07, 6.45) is 2.81. The van der Waals surface area contributed by atoms with Gasteiger partial charge in [0, 0.05) is 0 Å². The van der Waals surface area contributed by atoms with Crippen LogP contribution in [0.15, 0.2) is 30.3 Å². The first-order chi connectivity index (χ1) is 5.38. The molecule has 1 aliphatic carbocycles. The Balaban J connectivity index is 2.17. The van der Waals surface area contributed by atoms with Gasteiger partial charge in [-0.2, -0.15) is 0 Å². The van der Waals surface area contributed by atoms with Crippen LogP contribution in [-0.4, -0.2) is 0 Å². The molecule has 0 radical (unpaired) electrons. The van der Waals surface area contributed by atoms with E-state index < -0.39 is 0 Å². The van der Waals surface area contributed by atoms with Crippen molar-refractivity contribution in [1.82, 2.24) is 0 Å². The van der Waals surface area contributed by atoms with Crippen LogP contribution in [0.1, 0.15) is 31.2 Å². The quantitative estimate of drug-likeness (QED) is 0.570. The van der Waals surface area contributed by atoms with Gasteiger partial charge in [-0.3, -0.25) is 0 Å². The highest BCUT2D eigenvalue weighted by atomic mass is 14.3. The van der Waals surface area contributed by atoms with E-state index in [1.807, 2.05) is 0 Å². The Bertz CT molecular complexity index is 225. The van der Waals surface area contributed by atoms with E-state index in [0.717, 1.165) is 11.8 Å². The molecule has 0 spiro atoms. The largest absolute Gasteiger partial charge is 0.0622 e. The van der Waals surface area contributed by atoms with Crippen molar-refractivity contribution in [3.05, 3.63) is 35.9 Å². The lowest BCUT2D eigenvalue weighted by Crippen LogP contribution is -2.20. The Kier molecular flexibility index (Phi) is 1.69. The smallest absolute Gasteiger partial charge is 0.0136 e. The molecule has 1 aliphatic rings. The monoisotopic (exact) mass is 146 g/mol. The Hall–Kier alpha value is -0.780. The van der Waals surface area contributed by atoms with Crippen LogP contribution in [0.3, 0.4) is 0 Å². The normalized spacial score (nSPS) is 29.5. The highest BCUT2D eigenvalue weighted by molar-refractivity contribution is 5.22. The molecule has 0 bridgehead atoms. The zero-order valence-electron chi connectivity index (χ0n) is 6.96. The van der Waals surface area contributed by atoms with E-state index in [1.165, 1.54) is 18.4 Å². The predicted molar refractivity (Wildman–Crippen MR) is 47.6 cm³/mol. The summed E-state index contributed by atoms with van der Waals surface area (Å²) >= 11 is 0. The Morgan fingerprint density at radius 1 is 1.09 bits per heavy atom. The average Bonchev–Trinajstić information content (AvgIpc) is 2.04. The van der Waals surface area contributed by atoms with E-state index in [9.17, 15) is 0 Å². The molecule has 1 aromatic rings. The van der Waals surface area contributed by atoms with Crippen molar-refractivity contribution in [2.45, 2.75) is 25.7 Å². The summed E-state index contributed by atoms with van der Waals surface area (Å²) in [5.41, 5.74) is 1.53. The summed E-state index contributed by atoms with van der Waals surface area (Å²) < 4.78 is 0. The van der Waals surface area contributed by atoms with Gasteiger partial charge in [-0.15, -0.1) is 0 Å². The molecule has 1 aromatic carbocycles. The first-order valence-electron chi connectivity index (χ1n) is 4.43. The summed E-state index contributed by atoms with van der Waals surface area (Å²) in [6.45, 7) is 2.35. The van der Waals surface area contributed by atoms with Gasteiger partial charge >= 0.3 is 0 Å². The fourth-order valence-corrected chi connectivity index (χ4v) is 1.86. The van der Waals surface area contributed by atoms with Gasteiger partial charge in [-0.1, -0.05) is 37.3 Å². The van der Waals surface area contributed by atoms with Crippen LogP contribution in [-0.2, 0) is 0 Å². The molecule has 0 N–H and O–H groups in total. The van der Waals surface area contributed by atoms with Crippen molar-refractivity contribution in [1.29, 1.82) is 0 Å². The van der Waals surface area contributed by atoms with Gasteiger partial charge in [0.05, 0.1) is 0 Å². The van der Waals surface area contributed by atoms with Gasteiger partial charge in [0.25, 0.3) is 0 Å². The van der Waals surface area contributed by atoms with Crippen molar-refractivity contribution in [3.8, 4) is 0 Å². The topological polar surface area (TPSA) is 0 Å². The van der Waals surface area contributed by atoms with Crippen molar-refractivity contribution >= 4 is 0 Å². The molecule has 0 amide bonds. The molecule has 2 rings (SSSR count). The molecule has 0 aliphatic heterocycles. The van der Waals surface area contributed by atoms with Crippen molar-refractivity contribution < 1.29 is 0 Å². The Labute approximate surface area is 68.3 Å². The Morgan fingerprint density at radius 3 is 2.27 bits per heavy atom. The van der Waals surface area contributed by atoms with E-state index in [2.05, 4.69) is 37.3 Å². The van der Waals surface area contributed by atoms with E-state index >= 15 is 0 Å². The van der Waals surface area contributed by atoms with Gasteiger partial charge in [0.1, 0.15) is 0 Å². The summed E-state index contributed by atoms with van der Waals surface area (Å²) in [6, 6.07) is 10.9. The van der Waals surface area contributed by atoms with Crippen molar-refractivity contribution in [3.63, 3.8) is 0 Å². The maximum atomic E-state index is 2.35. The van der Waals surface area contributed by atoms with Gasteiger partial charge in [-0.05, 0) is 30.2 Å². The summed E-state index contributed by atoms with van der Waals surface area (Å²) in [5.74, 6) is 1.77. The van der Waals surface area contributed by atoms with Gasteiger partial charge in [-0.25, -0.2) is 0 Å². The molecule has 58 valence electrons. The van der Waals surface area contributed by atoms with E-state index in [-0.39, 0.29) is 0 Å². The molecule has 11 heavy (non-hydrogen) atoms. The molecule has 0 saturated heterocycles. The maximum absolute atomic E-state index is 2.35. The number of hydrogen-bond donors (Lipinski definition) is 0. The minimum Gasteiger partial charge on any atom is -0.0622 e. The van der Waals surface area contributed by atoms with Crippen LogP contribution in [0.25, 0.3) is 0 Å². The fourth-order valence-electron chi connectivity index (χ4n) is 1.86. The average molecular weight is 146 g/mol. The molecule has 0 nitrogen and oxygen atoms in total. The second-order valence-electron chi connectivity index (χ2n) is 3.57.